The lowest BCUT2D eigenvalue weighted by Gasteiger charge is -2.04. The van der Waals surface area contributed by atoms with Gasteiger partial charge in [0.25, 0.3) is 5.91 Å². The highest BCUT2D eigenvalue weighted by atomic mass is 35.5. The summed E-state index contributed by atoms with van der Waals surface area (Å²) in [5.41, 5.74) is 1.91. The van der Waals surface area contributed by atoms with Crippen LogP contribution < -0.4 is 5.32 Å². The van der Waals surface area contributed by atoms with Gasteiger partial charge in [0.15, 0.2) is 0 Å². The van der Waals surface area contributed by atoms with E-state index < -0.39 is 0 Å². The van der Waals surface area contributed by atoms with E-state index in [0.29, 0.717) is 10.7 Å². The summed E-state index contributed by atoms with van der Waals surface area (Å²) in [6.45, 7) is 4.20. The fraction of sp³-hybridized carbons (Fsp3) is 0.267. The van der Waals surface area contributed by atoms with Gasteiger partial charge in [0.2, 0.25) is 0 Å². The number of benzene rings is 1. The Morgan fingerprint density at radius 2 is 2.11 bits per heavy atom. The number of halogens is 1. The maximum atomic E-state index is 12.2. The molecule has 100 valence electrons. The van der Waals surface area contributed by atoms with E-state index >= 15 is 0 Å². The molecule has 1 aromatic heterocycles. The maximum absolute atomic E-state index is 12.2. The Hall–Kier alpha value is -1.32. The second-order valence-electron chi connectivity index (χ2n) is 4.38. The summed E-state index contributed by atoms with van der Waals surface area (Å²) in [5.74, 6) is -0.0939. The highest BCUT2D eigenvalue weighted by molar-refractivity contribution is 7.14. The fourth-order valence-electron chi connectivity index (χ4n) is 1.90. The summed E-state index contributed by atoms with van der Waals surface area (Å²) in [4.78, 5) is 14.1. The SMILES string of the molecule is CCCc1cc(C(=O)Nc2ccccc2Cl)sc1C. The molecule has 2 rings (SSSR count). The van der Waals surface area contributed by atoms with Crippen molar-refractivity contribution in [3.05, 3.63) is 50.7 Å². The molecular weight excluding hydrogens is 278 g/mol. The molecular formula is C15H16ClNOS. The predicted octanol–water partition coefficient (Wildman–Crippen LogP) is 4.91. The molecule has 1 aromatic carbocycles. The van der Waals surface area contributed by atoms with E-state index in [9.17, 15) is 4.79 Å². The Bertz CT molecular complexity index is 592. The zero-order valence-corrected chi connectivity index (χ0v) is 12.6. The van der Waals surface area contributed by atoms with Crippen LogP contribution in [-0.2, 0) is 6.42 Å². The molecule has 0 spiro atoms. The summed E-state index contributed by atoms with van der Waals surface area (Å²) < 4.78 is 0. The standard InChI is InChI=1S/C15H16ClNOS/c1-3-6-11-9-14(19-10(11)2)15(18)17-13-8-5-4-7-12(13)16/h4-5,7-9H,3,6H2,1-2H3,(H,17,18). The molecule has 19 heavy (non-hydrogen) atoms. The van der Waals surface area contributed by atoms with Gasteiger partial charge in [-0.25, -0.2) is 0 Å². The number of carbonyl (C=O) groups excluding carboxylic acids is 1. The number of rotatable bonds is 4. The molecule has 0 aliphatic rings. The number of anilines is 1. The van der Waals surface area contributed by atoms with Crippen LogP contribution in [0.1, 0.15) is 33.5 Å². The van der Waals surface area contributed by atoms with Crippen LogP contribution in [-0.4, -0.2) is 5.91 Å². The third kappa shape index (κ3) is 3.37. The first-order valence-corrected chi connectivity index (χ1v) is 7.46. The minimum absolute atomic E-state index is 0.0939. The number of carbonyl (C=O) groups is 1. The van der Waals surface area contributed by atoms with Crippen molar-refractivity contribution in [3.63, 3.8) is 0 Å². The lowest BCUT2D eigenvalue weighted by molar-refractivity contribution is 0.103. The van der Waals surface area contributed by atoms with Crippen molar-refractivity contribution in [1.82, 2.24) is 0 Å². The Morgan fingerprint density at radius 3 is 2.79 bits per heavy atom. The third-order valence-electron chi connectivity index (χ3n) is 2.89. The summed E-state index contributed by atoms with van der Waals surface area (Å²) in [7, 11) is 0. The minimum Gasteiger partial charge on any atom is -0.320 e. The Balaban J connectivity index is 2.16. The molecule has 0 atom stereocenters. The zero-order chi connectivity index (χ0) is 13.8. The van der Waals surface area contributed by atoms with Gasteiger partial charge in [-0.1, -0.05) is 37.1 Å². The molecule has 1 amide bonds. The Morgan fingerprint density at radius 1 is 1.37 bits per heavy atom. The van der Waals surface area contributed by atoms with Crippen molar-refractivity contribution >= 4 is 34.5 Å². The van der Waals surface area contributed by atoms with Crippen LogP contribution in [0.3, 0.4) is 0 Å². The molecule has 0 saturated heterocycles. The molecule has 0 aliphatic carbocycles. The molecule has 0 fully saturated rings. The number of nitrogens with one attached hydrogen (secondary N) is 1. The average Bonchev–Trinajstić information content (AvgIpc) is 2.75. The minimum atomic E-state index is -0.0939. The number of para-hydroxylation sites is 1. The second-order valence-corrected chi connectivity index (χ2v) is 6.04. The van der Waals surface area contributed by atoms with Gasteiger partial charge in [0, 0.05) is 4.88 Å². The Labute approximate surface area is 122 Å². The van der Waals surface area contributed by atoms with Crippen molar-refractivity contribution < 1.29 is 4.79 Å². The van der Waals surface area contributed by atoms with Crippen LogP contribution in [0, 0.1) is 6.92 Å². The van der Waals surface area contributed by atoms with Gasteiger partial charge in [-0.2, -0.15) is 0 Å². The lowest BCUT2D eigenvalue weighted by Crippen LogP contribution is -2.10. The summed E-state index contributed by atoms with van der Waals surface area (Å²) in [6, 6.07) is 9.24. The predicted molar refractivity (Wildman–Crippen MR) is 82.5 cm³/mol. The zero-order valence-electron chi connectivity index (χ0n) is 11.0. The van der Waals surface area contributed by atoms with Gasteiger partial charge < -0.3 is 5.32 Å². The van der Waals surface area contributed by atoms with Crippen LogP contribution in [0.2, 0.25) is 5.02 Å². The molecule has 0 bridgehead atoms. The Kier molecular flexibility index (Phi) is 4.61. The van der Waals surface area contributed by atoms with Crippen LogP contribution in [0.5, 0.6) is 0 Å². The monoisotopic (exact) mass is 293 g/mol. The van der Waals surface area contributed by atoms with Crippen molar-refractivity contribution in [1.29, 1.82) is 0 Å². The van der Waals surface area contributed by atoms with E-state index in [1.807, 2.05) is 18.2 Å². The molecule has 1 heterocycles. The van der Waals surface area contributed by atoms with Crippen LogP contribution in [0.4, 0.5) is 5.69 Å². The van der Waals surface area contributed by atoms with Gasteiger partial charge >= 0.3 is 0 Å². The van der Waals surface area contributed by atoms with E-state index in [0.717, 1.165) is 17.7 Å². The summed E-state index contributed by atoms with van der Waals surface area (Å²) >= 11 is 7.56. The van der Waals surface area contributed by atoms with Crippen molar-refractivity contribution in [2.45, 2.75) is 26.7 Å². The smallest absolute Gasteiger partial charge is 0.265 e. The summed E-state index contributed by atoms with van der Waals surface area (Å²) in [6.07, 6.45) is 2.10. The van der Waals surface area contributed by atoms with Gasteiger partial charge in [0.1, 0.15) is 0 Å². The van der Waals surface area contributed by atoms with E-state index in [1.54, 1.807) is 12.1 Å². The van der Waals surface area contributed by atoms with Gasteiger partial charge in [0.05, 0.1) is 15.6 Å². The fourth-order valence-corrected chi connectivity index (χ4v) is 3.05. The van der Waals surface area contributed by atoms with Gasteiger partial charge in [-0.15, -0.1) is 11.3 Å². The van der Waals surface area contributed by atoms with Crippen LogP contribution >= 0.6 is 22.9 Å². The maximum Gasteiger partial charge on any atom is 0.265 e. The molecule has 0 aliphatic heterocycles. The van der Waals surface area contributed by atoms with Crippen molar-refractivity contribution in [3.8, 4) is 0 Å². The lowest BCUT2D eigenvalue weighted by atomic mass is 10.1. The number of thiophene rings is 1. The molecule has 0 radical (unpaired) electrons. The number of hydrogen-bond acceptors (Lipinski definition) is 2. The summed E-state index contributed by atoms with van der Waals surface area (Å²) in [5, 5.41) is 3.40. The van der Waals surface area contributed by atoms with E-state index in [2.05, 4.69) is 19.2 Å². The van der Waals surface area contributed by atoms with Gasteiger partial charge in [-0.3, -0.25) is 4.79 Å². The largest absolute Gasteiger partial charge is 0.320 e. The van der Waals surface area contributed by atoms with E-state index in [4.69, 9.17) is 11.6 Å². The van der Waals surface area contributed by atoms with Crippen molar-refractivity contribution in [2.24, 2.45) is 0 Å². The quantitative estimate of drug-likeness (QED) is 0.852. The first-order valence-electron chi connectivity index (χ1n) is 6.27. The molecule has 2 nitrogen and oxygen atoms in total. The normalized spacial score (nSPS) is 10.5. The first kappa shape index (κ1) is 14.1. The highest BCUT2D eigenvalue weighted by Gasteiger charge is 2.13. The van der Waals surface area contributed by atoms with Crippen LogP contribution in [0.15, 0.2) is 30.3 Å². The van der Waals surface area contributed by atoms with E-state index in [1.165, 1.54) is 21.8 Å². The topological polar surface area (TPSA) is 29.1 Å². The first-order chi connectivity index (χ1) is 9.11. The molecule has 0 unspecified atom stereocenters. The van der Waals surface area contributed by atoms with E-state index in [-0.39, 0.29) is 5.91 Å². The number of amides is 1. The molecule has 2 aromatic rings. The number of hydrogen-bond donors (Lipinski definition) is 1. The van der Waals surface area contributed by atoms with Crippen LogP contribution in [0.25, 0.3) is 0 Å². The van der Waals surface area contributed by atoms with Gasteiger partial charge in [-0.05, 0) is 37.1 Å². The molecule has 0 saturated carbocycles. The van der Waals surface area contributed by atoms with Crippen molar-refractivity contribution in [2.75, 3.05) is 5.32 Å². The highest BCUT2D eigenvalue weighted by Crippen LogP contribution is 2.25. The molecule has 4 heteroatoms. The average molecular weight is 294 g/mol. The second kappa shape index (κ2) is 6.22. The third-order valence-corrected chi connectivity index (χ3v) is 4.31. The number of aryl methyl sites for hydroxylation is 2. The molecule has 1 N–H and O–H groups in total.